The first-order chi connectivity index (χ1) is 9.45. The molecule has 0 aliphatic carbocycles. The highest BCUT2D eigenvalue weighted by Gasteiger charge is 2.35. The van der Waals surface area contributed by atoms with E-state index in [1.807, 2.05) is 0 Å². The van der Waals surface area contributed by atoms with Gasteiger partial charge in [-0.1, -0.05) is 0 Å². The molecule has 120 valence electrons. The van der Waals surface area contributed by atoms with E-state index in [-0.39, 0.29) is 11.8 Å². The zero-order valence-corrected chi connectivity index (χ0v) is 13.9. The van der Waals surface area contributed by atoms with Crippen LogP contribution in [0.15, 0.2) is 0 Å². The zero-order valence-electron chi connectivity index (χ0n) is 13.9. The zero-order chi connectivity index (χ0) is 15.2. The van der Waals surface area contributed by atoms with Crippen molar-refractivity contribution in [1.82, 2.24) is 9.80 Å². The van der Waals surface area contributed by atoms with E-state index < -0.39 is 0 Å². The Morgan fingerprint density at radius 2 is 1.80 bits per heavy atom. The first-order valence-electron chi connectivity index (χ1n) is 7.60. The van der Waals surface area contributed by atoms with E-state index in [4.69, 9.17) is 15.2 Å². The number of ether oxygens (including phenoxy) is 2. The Hall–Kier alpha value is -0.200. The van der Waals surface area contributed by atoms with Crippen LogP contribution in [-0.2, 0) is 9.47 Å². The van der Waals surface area contributed by atoms with E-state index >= 15 is 0 Å². The van der Waals surface area contributed by atoms with E-state index in [0.29, 0.717) is 6.54 Å². The van der Waals surface area contributed by atoms with Crippen LogP contribution in [0.25, 0.3) is 0 Å². The van der Waals surface area contributed by atoms with Crippen LogP contribution in [0, 0.1) is 5.92 Å². The molecule has 1 fully saturated rings. The number of nitrogens with zero attached hydrogens (tertiary/aromatic N) is 2. The second-order valence-electron chi connectivity index (χ2n) is 6.50. The first kappa shape index (κ1) is 17.9. The first-order valence-corrected chi connectivity index (χ1v) is 7.60. The lowest BCUT2D eigenvalue weighted by molar-refractivity contribution is -0.130. The fourth-order valence-electron chi connectivity index (χ4n) is 3.14. The Morgan fingerprint density at radius 3 is 2.20 bits per heavy atom. The van der Waals surface area contributed by atoms with E-state index in [1.165, 1.54) is 19.4 Å². The third-order valence-electron chi connectivity index (χ3n) is 4.57. The molecule has 0 amide bonds. The van der Waals surface area contributed by atoms with Crippen LogP contribution in [0.3, 0.4) is 0 Å². The minimum Gasteiger partial charge on any atom is -0.356 e. The molecule has 1 saturated heterocycles. The van der Waals surface area contributed by atoms with Crippen LogP contribution in [0.5, 0.6) is 0 Å². The van der Waals surface area contributed by atoms with Crippen molar-refractivity contribution in [3.8, 4) is 0 Å². The molecule has 1 aliphatic heterocycles. The Morgan fingerprint density at radius 1 is 1.25 bits per heavy atom. The summed E-state index contributed by atoms with van der Waals surface area (Å²) in [7, 11) is 7.68. The Balaban J connectivity index is 2.54. The molecule has 20 heavy (non-hydrogen) atoms. The monoisotopic (exact) mass is 287 g/mol. The maximum Gasteiger partial charge on any atom is 0.158 e. The SMILES string of the molecule is COC(CC(C)(CN)N1CCC(CN(C)C)CC1)OC. The maximum atomic E-state index is 6.05. The summed E-state index contributed by atoms with van der Waals surface area (Å²) in [6.45, 7) is 6.28. The van der Waals surface area contributed by atoms with Crippen LogP contribution in [0.1, 0.15) is 26.2 Å². The largest absolute Gasteiger partial charge is 0.356 e. The average molecular weight is 287 g/mol. The van der Waals surface area contributed by atoms with Gasteiger partial charge in [0, 0.05) is 39.3 Å². The van der Waals surface area contributed by atoms with Gasteiger partial charge in [0.05, 0.1) is 0 Å². The van der Waals surface area contributed by atoms with Crippen molar-refractivity contribution in [3.63, 3.8) is 0 Å². The number of likely N-dealkylation sites (tertiary alicyclic amines) is 1. The van der Waals surface area contributed by atoms with Crippen molar-refractivity contribution in [2.24, 2.45) is 11.7 Å². The van der Waals surface area contributed by atoms with Gasteiger partial charge in [-0.3, -0.25) is 4.90 Å². The maximum absolute atomic E-state index is 6.05. The predicted molar refractivity (Wildman–Crippen MR) is 82.7 cm³/mol. The van der Waals surface area contributed by atoms with Gasteiger partial charge in [0.25, 0.3) is 0 Å². The van der Waals surface area contributed by atoms with Gasteiger partial charge in [0.1, 0.15) is 0 Å². The van der Waals surface area contributed by atoms with Gasteiger partial charge in [-0.2, -0.15) is 0 Å². The molecule has 1 unspecified atom stereocenters. The van der Waals surface area contributed by atoms with Crippen molar-refractivity contribution in [3.05, 3.63) is 0 Å². The molecule has 5 nitrogen and oxygen atoms in total. The molecular formula is C15H33N3O2. The standard InChI is InChI=1S/C15H33N3O2/c1-15(12-16,10-14(19-4)20-5)18-8-6-13(7-9-18)11-17(2)3/h13-14H,6-12,16H2,1-5H3. The highest BCUT2D eigenvalue weighted by molar-refractivity contribution is 4.91. The smallest absolute Gasteiger partial charge is 0.158 e. The Kier molecular flexibility index (Phi) is 7.40. The molecule has 1 rings (SSSR count). The summed E-state index contributed by atoms with van der Waals surface area (Å²) in [6.07, 6.45) is 3.13. The summed E-state index contributed by atoms with van der Waals surface area (Å²) >= 11 is 0. The number of hydrogen-bond acceptors (Lipinski definition) is 5. The summed E-state index contributed by atoms with van der Waals surface area (Å²) in [5.74, 6) is 0.809. The lowest BCUT2D eigenvalue weighted by Gasteiger charge is -2.45. The molecule has 1 aliphatic rings. The number of rotatable bonds is 8. The molecule has 5 heteroatoms. The minimum atomic E-state index is -0.178. The lowest BCUT2D eigenvalue weighted by Crippen LogP contribution is -2.56. The van der Waals surface area contributed by atoms with Gasteiger partial charge in [-0.05, 0) is 52.9 Å². The lowest BCUT2D eigenvalue weighted by atomic mass is 9.88. The summed E-state index contributed by atoms with van der Waals surface area (Å²) < 4.78 is 10.7. The summed E-state index contributed by atoms with van der Waals surface area (Å²) in [6, 6.07) is 0. The molecule has 0 bridgehead atoms. The van der Waals surface area contributed by atoms with Gasteiger partial charge >= 0.3 is 0 Å². The van der Waals surface area contributed by atoms with Crippen LogP contribution in [0.4, 0.5) is 0 Å². The second kappa shape index (κ2) is 8.29. The third-order valence-corrected chi connectivity index (χ3v) is 4.57. The molecule has 0 radical (unpaired) electrons. The summed E-state index contributed by atoms with van der Waals surface area (Å²) in [4.78, 5) is 4.80. The van der Waals surface area contributed by atoms with Gasteiger partial charge in [0.15, 0.2) is 6.29 Å². The second-order valence-corrected chi connectivity index (χ2v) is 6.50. The summed E-state index contributed by atoms with van der Waals surface area (Å²) in [5, 5.41) is 0. The highest BCUT2D eigenvalue weighted by atomic mass is 16.7. The van der Waals surface area contributed by atoms with Crippen molar-refractivity contribution < 1.29 is 9.47 Å². The Labute approximate surface area is 124 Å². The number of hydrogen-bond donors (Lipinski definition) is 1. The van der Waals surface area contributed by atoms with E-state index in [2.05, 4.69) is 30.8 Å². The molecule has 0 aromatic carbocycles. The molecule has 0 aromatic heterocycles. The normalized spacial score (nSPS) is 21.6. The fraction of sp³-hybridized carbons (Fsp3) is 1.00. The van der Waals surface area contributed by atoms with E-state index in [9.17, 15) is 0 Å². The van der Waals surface area contributed by atoms with Crippen LogP contribution >= 0.6 is 0 Å². The molecule has 2 N–H and O–H groups in total. The van der Waals surface area contributed by atoms with Crippen LogP contribution in [-0.4, -0.2) is 76.1 Å². The molecule has 0 aromatic rings. The van der Waals surface area contributed by atoms with Crippen molar-refractivity contribution in [2.45, 2.75) is 38.0 Å². The van der Waals surface area contributed by atoms with Gasteiger partial charge in [0.2, 0.25) is 0 Å². The van der Waals surface area contributed by atoms with Crippen LogP contribution < -0.4 is 5.73 Å². The number of nitrogens with two attached hydrogens (primary N) is 1. The minimum absolute atomic E-state index is 0.0419. The average Bonchev–Trinajstić information content (AvgIpc) is 2.44. The molecule has 1 heterocycles. The molecule has 0 spiro atoms. The van der Waals surface area contributed by atoms with Gasteiger partial charge in [-0.25, -0.2) is 0 Å². The highest BCUT2D eigenvalue weighted by Crippen LogP contribution is 2.28. The summed E-state index contributed by atoms with van der Waals surface area (Å²) in [5.41, 5.74) is 6.01. The predicted octanol–water partition coefficient (Wildman–Crippen LogP) is 0.986. The Bertz CT molecular complexity index is 264. The van der Waals surface area contributed by atoms with Crippen molar-refractivity contribution in [2.75, 3.05) is 54.5 Å². The van der Waals surface area contributed by atoms with E-state index in [0.717, 1.165) is 25.4 Å². The quantitative estimate of drug-likeness (QED) is 0.675. The van der Waals surface area contributed by atoms with Crippen molar-refractivity contribution in [1.29, 1.82) is 0 Å². The fourth-order valence-corrected chi connectivity index (χ4v) is 3.14. The van der Waals surface area contributed by atoms with Crippen LogP contribution in [0.2, 0.25) is 0 Å². The number of methoxy groups -OCH3 is 2. The third kappa shape index (κ3) is 4.97. The van der Waals surface area contributed by atoms with Gasteiger partial charge < -0.3 is 20.1 Å². The van der Waals surface area contributed by atoms with Gasteiger partial charge in [-0.15, -0.1) is 0 Å². The number of piperidine rings is 1. The molecular weight excluding hydrogens is 254 g/mol. The molecule has 1 atom stereocenters. The molecule has 0 saturated carbocycles. The van der Waals surface area contributed by atoms with E-state index in [1.54, 1.807) is 14.2 Å². The van der Waals surface area contributed by atoms with Crippen molar-refractivity contribution >= 4 is 0 Å². The topological polar surface area (TPSA) is 51.0 Å².